The molecule has 1 unspecified atom stereocenters. The number of para-hydroxylation sites is 1. The molecule has 2 heteroatoms. The molecule has 0 radical (unpaired) electrons. The van der Waals surface area contributed by atoms with E-state index < -0.39 is 0 Å². The van der Waals surface area contributed by atoms with Gasteiger partial charge in [-0.2, -0.15) is 0 Å². The number of rotatable bonds is 9. The van der Waals surface area contributed by atoms with Crippen LogP contribution < -0.4 is 4.90 Å². The number of nitrogens with zero attached hydrogens (tertiary/aromatic N) is 2. The molecule has 66 heavy (non-hydrogen) atoms. The van der Waals surface area contributed by atoms with Gasteiger partial charge in [-0.3, -0.25) is 0 Å². The Balaban J connectivity index is 1.03. The Morgan fingerprint density at radius 1 is 0.379 bits per heavy atom. The van der Waals surface area contributed by atoms with Crippen LogP contribution in [-0.4, -0.2) is 4.57 Å². The first-order valence-corrected chi connectivity index (χ1v) is 22.9. The van der Waals surface area contributed by atoms with E-state index >= 15 is 0 Å². The maximum atomic E-state index is 2.49. The maximum absolute atomic E-state index is 2.49. The van der Waals surface area contributed by atoms with Crippen molar-refractivity contribution in [2.45, 2.75) is 12.3 Å². The van der Waals surface area contributed by atoms with Crippen LogP contribution in [0, 0.1) is 0 Å². The summed E-state index contributed by atoms with van der Waals surface area (Å²) in [6.45, 7) is 0. The van der Waals surface area contributed by atoms with Crippen molar-refractivity contribution in [1.29, 1.82) is 0 Å². The molecule has 11 aromatic rings. The molecule has 0 fully saturated rings. The van der Waals surface area contributed by atoms with E-state index in [9.17, 15) is 0 Å². The van der Waals surface area contributed by atoms with Gasteiger partial charge in [0.1, 0.15) is 0 Å². The second-order valence-electron chi connectivity index (χ2n) is 17.3. The topological polar surface area (TPSA) is 8.17 Å². The largest absolute Gasteiger partial charge is 0.310 e. The molecule has 1 atom stereocenters. The van der Waals surface area contributed by atoms with E-state index in [0.29, 0.717) is 0 Å². The van der Waals surface area contributed by atoms with Gasteiger partial charge in [-0.05, 0) is 134 Å². The quantitative estimate of drug-likeness (QED) is 0.141. The lowest BCUT2D eigenvalue weighted by molar-refractivity contribution is 0.831. The Labute approximate surface area is 386 Å². The van der Waals surface area contributed by atoms with Crippen LogP contribution in [-0.2, 0) is 0 Å². The number of anilines is 3. The molecular formula is C64H46N2. The van der Waals surface area contributed by atoms with Gasteiger partial charge in [0.15, 0.2) is 0 Å². The van der Waals surface area contributed by atoms with Gasteiger partial charge in [0, 0.05) is 34.1 Å². The average molecular weight is 843 g/mol. The predicted octanol–water partition coefficient (Wildman–Crippen LogP) is 17.3. The molecule has 1 heterocycles. The number of allylic oxidation sites excluding steroid dienone is 1. The van der Waals surface area contributed by atoms with E-state index in [0.717, 1.165) is 29.2 Å². The minimum atomic E-state index is 0.0891. The van der Waals surface area contributed by atoms with Gasteiger partial charge in [-0.25, -0.2) is 0 Å². The molecule has 0 aliphatic heterocycles. The average Bonchev–Trinajstić information content (AvgIpc) is 3.73. The monoisotopic (exact) mass is 842 g/mol. The molecule has 1 aliphatic rings. The van der Waals surface area contributed by atoms with Crippen molar-refractivity contribution in [2.75, 3.05) is 4.90 Å². The van der Waals surface area contributed by atoms with Gasteiger partial charge in [0.25, 0.3) is 0 Å². The first-order chi connectivity index (χ1) is 32.7. The molecule has 312 valence electrons. The van der Waals surface area contributed by atoms with Gasteiger partial charge in [0.05, 0.1) is 11.2 Å². The molecule has 0 N–H and O–H groups in total. The summed E-state index contributed by atoms with van der Waals surface area (Å²) < 4.78 is 2.49. The fourth-order valence-corrected chi connectivity index (χ4v) is 10.2. The standard InChI is InChI=1S/C64H46N2/c1-5-17-45(18-6-1)48-31-36-55(37-32-48)65(56-38-33-50(34-39-56)59-30-16-24-49-23-13-14-29-58(49)59)57-28-15-25-52(41-57)61-42-53(47-21-9-3-10-22-47)44-63-64(61)60-40-35-51(46-19-7-2-8-20-46)43-62(60)66(63)54-26-11-4-12-27-54/h1-41,43-44,61H,42H2. The molecule has 0 saturated heterocycles. The molecule has 0 spiro atoms. The minimum Gasteiger partial charge on any atom is -0.310 e. The Kier molecular flexibility index (Phi) is 10.0. The van der Waals surface area contributed by atoms with Crippen LogP contribution in [0.2, 0.25) is 0 Å². The summed E-state index contributed by atoms with van der Waals surface area (Å²) in [4.78, 5) is 2.42. The lowest BCUT2D eigenvalue weighted by atomic mass is 9.78. The van der Waals surface area contributed by atoms with E-state index in [2.05, 4.69) is 270 Å². The fourth-order valence-electron chi connectivity index (χ4n) is 10.2. The van der Waals surface area contributed by atoms with E-state index in [1.807, 2.05) is 0 Å². The molecule has 12 rings (SSSR count). The van der Waals surface area contributed by atoms with Crippen LogP contribution in [0.4, 0.5) is 17.1 Å². The number of aromatic nitrogens is 1. The van der Waals surface area contributed by atoms with E-state index in [1.54, 1.807) is 0 Å². The van der Waals surface area contributed by atoms with Crippen molar-refractivity contribution in [1.82, 2.24) is 4.57 Å². The van der Waals surface area contributed by atoms with Crippen LogP contribution in [0.5, 0.6) is 0 Å². The minimum absolute atomic E-state index is 0.0891. The Morgan fingerprint density at radius 3 is 1.62 bits per heavy atom. The van der Waals surface area contributed by atoms with Gasteiger partial charge >= 0.3 is 0 Å². The summed E-state index contributed by atoms with van der Waals surface area (Å²) in [7, 11) is 0. The molecule has 0 bridgehead atoms. The van der Waals surface area contributed by atoms with Crippen molar-refractivity contribution in [2.24, 2.45) is 0 Å². The van der Waals surface area contributed by atoms with Crippen molar-refractivity contribution >= 4 is 50.4 Å². The van der Waals surface area contributed by atoms with Gasteiger partial charge in [-0.15, -0.1) is 0 Å². The van der Waals surface area contributed by atoms with Crippen LogP contribution >= 0.6 is 0 Å². The van der Waals surface area contributed by atoms with Crippen molar-refractivity contribution in [3.8, 4) is 39.1 Å². The fraction of sp³-hybridized carbons (Fsp3) is 0.0312. The van der Waals surface area contributed by atoms with Crippen LogP contribution in [0.25, 0.3) is 72.4 Å². The van der Waals surface area contributed by atoms with Gasteiger partial charge in [0.2, 0.25) is 0 Å². The summed E-state index contributed by atoms with van der Waals surface area (Å²) in [5.74, 6) is 0.0891. The van der Waals surface area contributed by atoms with Gasteiger partial charge in [-0.1, -0.05) is 200 Å². The highest BCUT2D eigenvalue weighted by atomic mass is 15.1. The van der Waals surface area contributed by atoms with Crippen LogP contribution in [0.3, 0.4) is 0 Å². The zero-order chi connectivity index (χ0) is 43.8. The summed E-state index contributed by atoms with van der Waals surface area (Å²) >= 11 is 0. The number of fused-ring (bicyclic) bond motifs is 4. The summed E-state index contributed by atoms with van der Waals surface area (Å²) in [5.41, 5.74) is 19.4. The zero-order valence-electron chi connectivity index (χ0n) is 36.5. The van der Waals surface area contributed by atoms with Crippen LogP contribution in [0.1, 0.15) is 34.7 Å². The third-order valence-electron chi connectivity index (χ3n) is 13.4. The van der Waals surface area contributed by atoms with E-state index in [4.69, 9.17) is 0 Å². The lowest BCUT2D eigenvalue weighted by Crippen LogP contribution is -2.13. The third-order valence-corrected chi connectivity index (χ3v) is 13.4. The van der Waals surface area contributed by atoms with Crippen LogP contribution in [0.15, 0.2) is 255 Å². The summed E-state index contributed by atoms with van der Waals surface area (Å²) in [6.07, 6.45) is 3.33. The zero-order valence-corrected chi connectivity index (χ0v) is 36.5. The van der Waals surface area contributed by atoms with Crippen molar-refractivity contribution in [3.63, 3.8) is 0 Å². The molecule has 1 aliphatic carbocycles. The van der Waals surface area contributed by atoms with E-state index in [1.165, 1.54) is 83.0 Å². The van der Waals surface area contributed by atoms with Crippen molar-refractivity contribution in [3.05, 3.63) is 277 Å². The molecule has 0 saturated carbocycles. The first kappa shape index (κ1) is 39.2. The number of hydrogen-bond acceptors (Lipinski definition) is 1. The second kappa shape index (κ2) is 16.9. The first-order valence-electron chi connectivity index (χ1n) is 22.9. The molecule has 0 amide bonds. The summed E-state index contributed by atoms with van der Waals surface area (Å²) in [5, 5.41) is 3.79. The molecule has 2 nitrogen and oxygen atoms in total. The highest BCUT2D eigenvalue weighted by molar-refractivity contribution is 5.99. The number of hydrogen-bond donors (Lipinski definition) is 0. The normalized spacial score (nSPS) is 13.3. The number of benzene rings is 10. The third kappa shape index (κ3) is 7.19. The molecule has 1 aromatic heterocycles. The Bertz CT molecular complexity index is 3510. The second-order valence-corrected chi connectivity index (χ2v) is 17.3. The van der Waals surface area contributed by atoms with E-state index in [-0.39, 0.29) is 5.92 Å². The lowest BCUT2D eigenvalue weighted by Gasteiger charge is -2.29. The smallest absolute Gasteiger partial charge is 0.0544 e. The van der Waals surface area contributed by atoms with Crippen molar-refractivity contribution < 1.29 is 0 Å². The Morgan fingerprint density at radius 2 is 0.924 bits per heavy atom. The SMILES string of the molecule is C1=C(c2ccccc2)CC(c2cccc(N(c3ccc(-c4ccccc4)cc3)c3ccc(-c4cccc5ccccc45)cc3)c2)c2c1n(-c1ccccc1)c1cc(-c3ccccc3)ccc21. The molecular weight excluding hydrogens is 797 g/mol. The highest BCUT2D eigenvalue weighted by Gasteiger charge is 2.31. The molecule has 10 aromatic carbocycles. The summed E-state index contributed by atoms with van der Waals surface area (Å²) in [6, 6.07) is 93.0. The Hall–Kier alpha value is -8.46. The van der Waals surface area contributed by atoms with Gasteiger partial charge < -0.3 is 9.47 Å². The predicted molar refractivity (Wildman–Crippen MR) is 279 cm³/mol. The maximum Gasteiger partial charge on any atom is 0.0544 e. The highest BCUT2D eigenvalue weighted by Crippen LogP contribution is 2.49.